The van der Waals surface area contributed by atoms with Crippen LogP contribution in [0.15, 0.2) is 60.7 Å². The maximum atomic E-state index is 13.0. The molecule has 0 saturated carbocycles. The highest BCUT2D eigenvalue weighted by atomic mass is 16.5. The van der Waals surface area contributed by atoms with Crippen molar-refractivity contribution in [3.05, 3.63) is 71.8 Å². The molecule has 0 spiro atoms. The molecule has 0 aromatic heterocycles. The van der Waals surface area contributed by atoms with Crippen LogP contribution in [0, 0.1) is 0 Å². The zero-order chi connectivity index (χ0) is 26.9. The first kappa shape index (κ1) is 29.4. The molecule has 0 heterocycles. The first-order valence-electron chi connectivity index (χ1n) is 12.6. The number of esters is 1. The Bertz CT molecular complexity index is 984. The van der Waals surface area contributed by atoms with Gasteiger partial charge in [-0.2, -0.15) is 0 Å². The molecule has 0 fully saturated rings. The average Bonchev–Trinajstić information content (AvgIpc) is 2.91. The van der Waals surface area contributed by atoms with Crippen LogP contribution in [0.2, 0.25) is 0 Å². The summed E-state index contributed by atoms with van der Waals surface area (Å²) < 4.78 is 10.1. The SMILES string of the molecule is CCOC(=O)CCC(=O)NCCCC[C@@H](NC(=O)OCc1ccccc1)C(=O)N[C@H](C)c1ccccc1. The van der Waals surface area contributed by atoms with Gasteiger partial charge in [0.1, 0.15) is 12.6 Å². The number of carbonyl (C=O) groups excluding carboxylic acids is 4. The van der Waals surface area contributed by atoms with E-state index in [-0.39, 0.29) is 43.9 Å². The van der Waals surface area contributed by atoms with Crippen LogP contribution >= 0.6 is 0 Å². The van der Waals surface area contributed by atoms with Crippen molar-refractivity contribution in [3.8, 4) is 0 Å². The Balaban J connectivity index is 1.84. The summed E-state index contributed by atoms with van der Waals surface area (Å²) >= 11 is 0. The predicted molar refractivity (Wildman–Crippen MR) is 139 cm³/mol. The van der Waals surface area contributed by atoms with Crippen molar-refractivity contribution in [1.82, 2.24) is 16.0 Å². The highest BCUT2D eigenvalue weighted by Gasteiger charge is 2.23. The summed E-state index contributed by atoms with van der Waals surface area (Å²) in [4.78, 5) is 48.7. The third kappa shape index (κ3) is 12.1. The van der Waals surface area contributed by atoms with Crippen LogP contribution in [0.5, 0.6) is 0 Å². The van der Waals surface area contributed by atoms with E-state index in [1.807, 2.05) is 67.6 Å². The van der Waals surface area contributed by atoms with Gasteiger partial charge in [0.05, 0.1) is 19.1 Å². The molecule has 0 radical (unpaired) electrons. The third-order valence-electron chi connectivity index (χ3n) is 5.58. The van der Waals surface area contributed by atoms with Crippen LogP contribution in [-0.4, -0.2) is 43.1 Å². The fourth-order valence-corrected chi connectivity index (χ4v) is 3.55. The first-order chi connectivity index (χ1) is 17.9. The van der Waals surface area contributed by atoms with Crippen LogP contribution in [-0.2, 0) is 30.5 Å². The Labute approximate surface area is 218 Å². The molecule has 0 saturated heterocycles. The van der Waals surface area contributed by atoms with E-state index in [1.54, 1.807) is 6.92 Å². The van der Waals surface area contributed by atoms with Crippen molar-refractivity contribution in [2.24, 2.45) is 0 Å². The van der Waals surface area contributed by atoms with Gasteiger partial charge in [-0.3, -0.25) is 14.4 Å². The van der Waals surface area contributed by atoms with Crippen molar-refractivity contribution < 1.29 is 28.7 Å². The number of rotatable bonds is 15. The number of amides is 3. The molecule has 2 rings (SSSR count). The molecule has 37 heavy (non-hydrogen) atoms. The van der Waals surface area contributed by atoms with E-state index in [2.05, 4.69) is 16.0 Å². The number of alkyl carbamates (subject to hydrolysis) is 1. The molecule has 0 bridgehead atoms. The lowest BCUT2D eigenvalue weighted by molar-refractivity contribution is -0.144. The number of carbonyl (C=O) groups is 4. The summed E-state index contributed by atoms with van der Waals surface area (Å²) in [5.41, 5.74) is 1.79. The Kier molecular flexibility index (Phi) is 13.3. The smallest absolute Gasteiger partial charge is 0.408 e. The monoisotopic (exact) mass is 511 g/mol. The quantitative estimate of drug-likeness (QED) is 0.247. The maximum Gasteiger partial charge on any atom is 0.408 e. The minimum Gasteiger partial charge on any atom is -0.466 e. The first-order valence-corrected chi connectivity index (χ1v) is 12.6. The zero-order valence-corrected chi connectivity index (χ0v) is 21.5. The summed E-state index contributed by atoms with van der Waals surface area (Å²) in [7, 11) is 0. The van der Waals surface area contributed by atoms with Crippen LogP contribution < -0.4 is 16.0 Å². The molecule has 0 aliphatic rings. The van der Waals surface area contributed by atoms with Gasteiger partial charge in [0.2, 0.25) is 11.8 Å². The van der Waals surface area contributed by atoms with Crippen LogP contribution in [0.4, 0.5) is 4.79 Å². The third-order valence-corrected chi connectivity index (χ3v) is 5.58. The van der Waals surface area contributed by atoms with E-state index in [0.29, 0.717) is 25.8 Å². The topological polar surface area (TPSA) is 123 Å². The number of hydrogen-bond acceptors (Lipinski definition) is 6. The van der Waals surface area contributed by atoms with Crippen molar-refractivity contribution in [3.63, 3.8) is 0 Å². The fraction of sp³-hybridized carbons (Fsp3) is 0.429. The Hall–Kier alpha value is -3.88. The van der Waals surface area contributed by atoms with E-state index in [1.165, 1.54) is 0 Å². The lowest BCUT2D eigenvalue weighted by Gasteiger charge is -2.21. The van der Waals surface area contributed by atoms with E-state index in [4.69, 9.17) is 9.47 Å². The summed E-state index contributed by atoms with van der Waals surface area (Å²) in [6, 6.07) is 17.8. The molecule has 9 heteroatoms. The molecule has 3 N–H and O–H groups in total. The number of hydrogen-bond donors (Lipinski definition) is 3. The van der Waals surface area contributed by atoms with Gasteiger partial charge < -0.3 is 25.4 Å². The van der Waals surface area contributed by atoms with Gasteiger partial charge in [-0.1, -0.05) is 60.7 Å². The number of benzene rings is 2. The van der Waals surface area contributed by atoms with Crippen LogP contribution in [0.25, 0.3) is 0 Å². The number of ether oxygens (including phenoxy) is 2. The van der Waals surface area contributed by atoms with Gasteiger partial charge >= 0.3 is 12.1 Å². The molecule has 3 amide bonds. The largest absolute Gasteiger partial charge is 0.466 e. The molecule has 2 atom stereocenters. The van der Waals surface area contributed by atoms with Gasteiger partial charge in [-0.15, -0.1) is 0 Å². The normalized spacial score (nSPS) is 12.1. The average molecular weight is 512 g/mol. The van der Waals surface area contributed by atoms with Gasteiger partial charge in [0.25, 0.3) is 0 Å². The van der Waals surface area contributed by atoms with E-state index < -0.39 is 18.1 Å². The Morgan fingerprint density at radius 2 is 1.51 bits per heavy atom. The Morgan fingerprint density at radius 1 is 0.838 bits per heavy atom. The van der Waals surface area contributed by atoms with Gasteiger partial charge in [0, 0.05) is 13.0 Å². The molecule has 0 aliphatic carbocycles. The Morgan fingerprint density at radius 3 is 2.19 bits per heavy atom. The second-order valence-electron chi connectivity index (χ2n) is 8.55. The minimum atomic E-state index is -0.797. The van der Waals surface area contributed by atoms with Crippen molar-refractivity contribution in [2.45, 2.75) is 64.6 Å². The fourth-order valence-electron chi connectivity index (χ4n) is 3.55. The van der Waals surface area contributed by atoms with Crippen molar-refractivity contribution in [1.29, 1.82) is 0 Å². The molecule has 2 aromatic carbocycles. The van der Waals surface area contributed by atoms with Crippen LogP contribution in [0.1, 0.15) is 63.1 Å². The van der Waals surface area contributed by atoms with Crippen molar-refractivity contribution >= 4 is 23.9 Å². The molecule has 200 valence electrons. The standard InChI is InChI=1S/C28H37N3O6/c1-3-36-26(33)18-17-25(32)29-19-11-10-16-24(27(34)30-21(2)23-14-8-5-9-15-23)31-28(35)37-20-22-12-6-4-7-13-22/h4-9,12-15,21,24H,3,10-11,16-20H2,1-2H3,(H,29,32)(H,30,34)(H,31,35)/t21-,24-/m1/s1. The molecule has 9 nitrogen and oxygen atoms in total. The summed E-state index contributed by atoms with van der Waals surface area (Å²) in [6.07, 6.45) is 0.973. The summed E-state index contributed by atoms with van der Waals surface area (Å²) in [5.74, 6) is -0.949. The van der Waals surface area contributed by atoms with Crippen LogP contribution in [0.3, 0.4) is 0 Å². The highest BCUT2D eigenvalue weighted by Crippen LogP contribution is 2.12. The van der Waals surface area contributed by atoms with Gasteiger partial charge in [-0.25, -0.2) is 4.79 Å². The zero-order valence-electron chi connectivity index (χ0n) is 21.5. The van der Waals surface area contributed by atoms with Crippen molar-refractivity contribution in [2.75, 3.05) is 13.2 Å². The number of nitrogens with one attached hydrogen (secondary N) is 3. The van der Waals surface area contributed by atoms with E-state index in [9.17, 15) is 19.2 Å². The lowest BCUT2D eigenvalue weighted by atomic mass is 10.1. The van der Waals surface area contributed by atoms with Gasteiger partial charge in [0.15, 0.2) is 0 Å². The molecule has 0 unspecified atom stereocenters. The predicted octanol–water partition coefficient (Wildman–Crippen LogP) is 3.79. The molecule has 0 aliphatic heterocycles. The lowest BCUT2D eigenvalue weighted by Crippen LogP contribution is -2.47. The molecular weight excluding hydrogens is 474 g/mol. The maximum absolute atomic E-state index is 13.0. The number of unbranched alkanes of at least 4 members (excludes halogenated alkanes) is 1. The second-order valence-corrected chi connectivity index (χ2v) is 8.55. The molecular formula is C28H37N3O6. The van der Waals surface area contributed by atoms with E-state index in [0.717, 1.165) is 11.1 Å². The van der Waals surface area contributed by atoms with Gasteiger partial charge in [-0.05, 0) is 44.2 Å². The summed E-state index contributed by atoms with van der Waals surface area (Å²) in [6.45, 7) is 4.37. The summed E-state index contributed by atoms with van der Waals surface area (Å²) in [5, 5.41) is 8.38. The second kappa shape index (κ2) is 16.7. The highest BCUT2D eigenvalue weighted by molar-refractivity contribution is 5.86. The molecule has 2 aromatic rings. The van der Waals surface area contributed by atoms with E-state index >= 15 is 0 Å². The minimum absolute atomic E-state index is 0.0382.